The van der Waals surface area contributed by atoms with Crippen LogP contribution in [0.3, 0.4) is 0 Å². The van der Waals surface area contributed by atoms with Crippen LogP contribution >= 0.6 is 0 Å². The summed E-state index contributed by atoms with van der Waals surface area (Å²) < 4.78 is 13.1. The molecule has 1 N–H and O–H groups in total. The van der Waals surface area contributed by atoms with Crippen molar-refractivity contribution >= 4 is 5.97 Å². The first-order chi connectivity index (χ1) is 8.49. The number of carboxylic acids is 1. The highest BCUT2D eigenvalue weighted by atomic mass is 19.1. The summed E-state index contributed by atoms with van der Waals surface area (Å²) in [5, 5.41) is 9.03. The van der Waals surface area contributed by atoms with Crippen molar-refractivity contribution in [2.45, 2.75) is 33.2 Å². The van der Waals surface area contributed by atoms with Crippen molar-refractivity contribution in [1.29, 1.82) is 0 Å². The molecule has 1 rings (SSSR count). The van der Waals surface area contributed by atoms with Gasteiger partial charge in [-0.1, -0.05) is 19.9 Å². The number of nitrogens with zero attached hydrogens (tertiary/aromatic N) is 1. The van der Waals surface area contributed by atoms with Gasteiger partial charge >= 0.3 is 5.97 Å². The number of halogens is 1. The van der Waals surface area contributed by atoms with E-state index >= 15 is 0 Å². The fourth-order valence-corrected chi connectivity index (χ4v) is 2.28. The minimum atomic E-state index is -0.837. The summed E-state index contributed by atoms with van der Waals surface area (Å²) in [6.07, 6.45) is 0.0359. The van der Waals surface area contributed by atoms with Crippen LogP contribution < -0.4 is 0 Å². The van der Waals surface area contributed by atoms with Crippen molar-refractivity contribution in [3.63, 3.8) is 0 Å². The van der Waals surface area contributed by atoms with E-state index in [4.69, 9.17) is 5.11 Å². The summed E-state index contributed by atoms with van der Waals surface area (Å²) >= 11 is 0. The molecule has 0 fully saturated rings. The first-order valence-corrected chi connectivity index (χ1v) is 6.21. The Labute approximate surface area is 107 Å². The molecular formula is C14H20FNO2. The van der Waals surface area contributed by atoms with E-state index in [1.807, 2.05) is 20.8 Å². The van der Waals surface area contributed by atoms with Gasteiger partial charge in [-0.3, -0.25) is 9.69 Å². The van der Waals surface area contributed by atoms with Crippen LogP contribution in [0, 0.1) is 12.7 Å². The average molecular weight is 253 g/mol. The highest BCUT2D eigenvalue weighted by molar-refractivity contribution is 5.68. The summed E-state index contributed by atoms with van der Waals surface area (Å²) in [6, 6.07) is 4.34. The summed E-state index contributed by atoms with van der Waals surface area (Å²) in [4.78, 5) is 13.1. The largest absolute Gasteiger partial charge is 0.481 e. The molecule has 0 radical (unpaired) electrons. The zero-order valence-electron chi connectivity index (χ0n) is 11.1. The Balaban J connectivity index is 3.11. The van der Waals surface area contributed by atoms with Crippen LogP contribution in [-0.2, 0) is 4.79 Å². The van der Waals surface area contributed by atoms with E-state index in [2.05, 4.69) is 4.90 Å². The van der Waals surface area contributed by atoms with Gasteiger partial charge in [0.2, 0.25) is 0 Å². The second-order valence-electron chi connectivity index (χ2n) is 4.34. The smallest absolute Gasteiger partial charge is 0.305 e. The van der Waals surface area contributed by atoms with Gasteiger partial charge in [0, 0.05) is 6.04 Å². The minimum absolute atomic E-state index is 0.0359. The van der Waals surface area contributed by atoms with E-state index in [0.29, 0.717) is 0 Å². The standard InChI is InChI=1S/C14H20FNO2/c1-4-16(5-2)13(9-14(17)18)12-7-6-11(15)8-10(12)3/h6-8,13H,4-5,9H2,1-3H3,(H,17,18). The third-order valence-corrected chi connectivity index (χ3v) is 3.21. The number of carboxylic acid groups (broad SMARTS) is 1. The van der Waals surface area contributed by atoms with Crippen LogP contribution in [0.4, 0.5) is 4.39 Å². The van der Waals surface area contributed by atoms with Crippen molar-refractivity contribution in [1.82, 2.24) is 4.90 Å². The second-order valence-corrected chi connectivity index (χ2v) is 4.34. The van der Waals surface area contributed by atoms with E-state index in [9.17, 15) is 9.18 Å². The fraction of sp³-hybridized carbons (Fsp3) is 0.500. The number of aryl methyl sites for hydroxylation is 1. The van der Waals surface area contributed by atoms with Crippen molar-refractivity contribution < 1.29 is 14.3 Å². The Morgan fingerprint density at radius 1 is 1.39 bits per heavy atom. The molecule has 1 atom stereocenters. The zero-order chi connectivity index (χ0) is 13.7. The molecule has 100 valence electrons. The second kappa shape index (κ2) is 6.50. The van der Waals surface area contributed by atoms with Crippen LogP contribution in [0.5, 0.6) is 0 Å². The molecule has 0 saturated heterocycles. The predicted octanol–water partition coefficient (Wildman–Crippen LogP) is 2.99. The van der Waals surface area contributed by atoms with Gasteiger partial charge in [-0.25, -0.2) is 4.39 Å². The number of rotatable bonds is 6. The molecule has 4 heteroatoms. The van der Waals surface area contributed by atoms with Gasteiger partial charge in [-0.05, 0) is 43.3 Å². The van der Waals surface area contributed by atoms with E-state index in [1.54, 1.807) is 6.07 Å². The van der Waals surface area contributed by atoms with Crippen molar-refractivity contribution in [2.24, 2.45) is 0 Å². The molecule has 0 heterocycles. The number of hydrogen-bond acceptors (Lipinski definition) is 2. The van der Waals surface area contributed by atoms with Crippen molar-refractivity contribution in [3.05, 3.63) is 35.1 Å². The van der Waals surface area contributed by atoms with Crippen LogP contribution in [0.1, 0.15) is 37.4 Å². The number of hydrogen-bond donors (Lipinski definition) is 1. The SMILES string of the molecule is CCN(CC)C(CC(=O)O)c1ccc(F)cc1C. The quantitative estimate of drug-likeness (QED) is 0.847. The van der Waals surface area contributed by atoms with Gasteiger partial charge in [0.1, 0.15) is 5.82 Å². The molecule has 0 amide bonds. The lowest BCUT2D eigenvalue weighted by atomic mass is 9.97. The van der Waals surface area contributed by atoms with Gasteiger partial charge in [-0.15, -0.1) is 0 Å². The lowest BCUT2D eigenvalue weighted by Gasteiger charge is -2.30. The summed E-state index contributed by atoms with van der Waals surface area (Å²) in [6.45, 7) is 7.35. The summed E-state index contributed by atoms with van der Waals surface area (Å²) in [5.41, 5.74) is 1.69. The molecule has 3 nitrogen and oxygen atoms in total. The van der Waals surface area contributed by atoms with Crippen molar-refractivity contribution in [2.75, 3.05) is 13.1 Å². The van der Waals surface area contributed by atoms with Gasteiger partial charge in [0.25, 0.3) is 0 Å². The molecule has 0 aliphatic rings. The molecule has 1 aromatic rings. The molecule has 0 saturated carbocycles. The lowest BCUT2D eigenvalue weighted by Crippen LogP contribution is -2.30. The zero-order valence-corrected chi connectivity index (χ0v) is 11.1. The third kappa shape index (κ3) is 3.53. The fourth-order valence-electron chi connectivity index (χ4n) is 2.28. The van der Waals surface area contributed by atoms with Crippen LogP contribution in [0.15, 0.2) is 18.2 Å². The van der Waals surface area contributed by atoms with E-state index in [-0.39, 0.29) is 18.3 Å². The minimum Gasteiger partial charge on any atom is -0.481 e. The Kier molecular flexibility index (Phi) is 5.28. The predicted molar refractivity (Wildman–Crippen MR) is 69.1 cm³/mol. The Morgan fingerprint density at radius 2 is 2.00 bits per heavy atom. The van der Waals surface area contributed by atoms with Gasteiger partial charge < -0.3 is 5.11 Å². The maximum Gasteiger partial charge on any atom is 0.305 e. The van der Waals surface area contributed by atoms with E-state index in [1.165, 1.54) is 12.1 Å². The third-order valence-electron chi connectivity index (χ3n) is 3.21. The molecule has 18 heavy (non-hydrogen) atoms. The monoisotopic (exact) mass is 253 g/mol. The van der Waals surface area contributed by atoms with Crippen molar-refractivity contribution in [3.8, 4) is 0 Å². The molecule has 1 unspecified atom stereocenters. The Morgan fingerprint density at radius 3 is 2.44 bits per heavy atom. The van der Waals surface area contributed by atoms with Crippen LogP contribution in [0.2, 0.25) is 0 Å². The van der Waals surface area contributed by atoms with Crippen LogP contribution in [-0.4, -0.2) is 29.1 Å². The maximum atomic E-state index is 13.1. The number of benzene rings is 1. The molecule has 1 aromatic carbocycles. The summed E-state index contributed by atoms with van der Waals surface area (Å²) in [5.74, 6) is -1.12. The van der Waals surface area contributed by atoms with E-state index < -0.39 is 5.97 Å². The molecular weight excluding hydrogens is 233 g/mol. The molecule has 0 aliphatic heterocycles. The van der Waals surface area contributed by atoms with Gasteiger partial charge in [-0.2, -0.15) is 0 Å². The Hall–Kier alpha value is -1.42. The topological polar surface area (TPSA) is 40.5 Å². The number of aliphatic carboxylic acids is 1. The van der Waals surface area contributed by atoms with E-state index in [0.717, 1.165) is 24.2 Å². The van der Waals surface area contributed by atoms with Gasteiger partial charge in [0.05, 0.1) is 6.42 Å². The number of carbonyl (C=O) groups is 1. The molecule has 0 spiro atoms. The average Bonchev–Trinajstić information content (AvgIpc) is 2.29. The molecule has 0 aliphatic carbocycles. The first kappa shape index (κ1) is 14.6. The highest BCUT2D eigenvalue weighted by Gasteiger charge is 2.22. The lowest BCUT2D eigenvalue weighted by molar-refractivity contribution is -0.138. The maximum absolute atomic E-state index is 13.1. The highest BCUT2D eigenvalue weighted by Crippen LogP contribution is 2.27. The van der Waals surface area contributed by atoms with Gasteiger partial charge in [0.15, 0.2) is 0 Å². The normalized spacial score (nSPS) is 12.7. The molecule has 0 bridgehead atoms. The first-order valence-electron chi connectivity index (χ1n) is 6.21. The summed E-state index contributed by atoms with van der Waals surface area (Å²) in [7, 11) is 0. The van der Waals surface area contributed by atoms with Crippen LogP contribution in [0.25, 0.3) is 0 Å². The molecule has 0 aromatic heterocycles. The Bertz CT molecular complexity index is 416.